The summed E-state index contributed by atoms with van der Waals surface area (Å²) < 4.78 is 5.38. The second-order valence-corrected chi connectivity index (χ2v) is 7.33. The minimum atomic E-state index is -0.373. The summed E-state index contributed by atoms with van der Waals surface area (Å²) in [6.07, 6.45) is 17.1. The maximum atomic E-state index is 11.8. The van der Waals surface area contributed by atoms with E-state index in [4.69, 9.17) is 4.74 Å². The molecule has 2 heteroatoms. The molecule has 0 saturated heterocycles. The third-order valence-corrected chi connectivity index (χ3v) is 3.97. The number of carbonyl (C=O) groups excluding carboxylic acids is 1. The summed E-state index contributed by atoms with van der Waals surface area (Å²) in [7, 11) is 0. The lowest BCUT2D eigenvalue weighted by molar-refractivity contribution is -0.153. The highest BCUT2D eigenvalue weighted by Gasteiger charge is 2.15. The number of hydrogen-bond acceptors (Lipinski definition) is 2. The molecule has 1 saturated carbocycles. The highest BCUT2D eigenvalue weighted by atomic mass is 16.6. The number of hydrogen-bond donors (Lipinski definition) is 0. The van der Waals surface area contributed by atoms with Crippen molar-refractivity contribution in [2.75, 3.05) is 0 Å². The van der Waals surface area contributed by atoms with Crippen LogP contribution in [0.3, 0.4) is 0 Å². The monoisotopic (exact) mass is 294 g/mol. The number of carbonyl (C=O) groups is 1. The molecule has 1 aliphatic rings. The van der Waals surface area contributed by atoms with E-state index in [9.17, 15) is 4.79 Å². The van der Waals surface area contributed by atoms with E-state index in [2.05, 4.69) is 6.08 Å². The molecule has 0 radical (unpaired) electrons. The summed E-state index contributed by atoms with van der Waals surface area (Å²) in [4.78, 5) is 11.8. The molecule has 0 spiro atoms. The Hall–Kier alpha value is -0.790. The SMILES string of the molecule is CC(C)(C)OC(=O)CC=C1CCCCCCCCCCC1. The fraction of sp³-hybridized carbons (Fsp3) is 0.842. The van der Waals surface area contributed by atoms with Gasteiger partial charge in [-0.15, -0.1) is 0 Å². The standard InChI is InChI=1S/C19H34O2/c1-19(2,3)21-18(20)16-15-17-13-11-9-7-5-4-6-8-10-12-14-17/h15H,4-14,16H2,1-3H3. The molecule has 21 heavy (non-hydrogen) atoms. The molecular weight excluding hydrogens is 260 g/mol. The molecule has 0 atom stereocenters. The first-order chi connectivity index (χ1) is 9.97. The van der Waals surface area contributed by atoms with Crippen molar-refractivity contribution >= 4 is 5.97 Å². The summed E-state index contributed by atoms with van der Waals surface area (Å²) in [5.74, 6) is -0.0962. The molecule has 0 amide bonds. The molecular formula is C19H34O2. The fourth-order valence-corrected chi connectivity index (χ4v) is 2.88. The van der Waals surface area contributed by atoms with Gasteiger partial charge in [0, 0.05) is 0 Å². The third-order valence-electron chi connectivity index (χ3n) is 3.97. The summed E-state index contributed by atoms with van der Waals surface area (Å²) in [5, 5.41) is 0. The van der Waals surface area contributed by atoms with E-state index < -0.39 is 0 Å². The zero-order valence-corrected chi connectivity index (χ0v) is 14.4. The molecule has 0 heterocycles. The van der Waals surface area contributed by atoms with Crippen LogP contribution in [0, 0.1) is 0 Å². The largest absolute Gasteiger partial charge is 0.460 e. The minimum absolute atomic E-state index is 0.0962. The van der Waals surface area contributed by atoms with Crippen molar-refractivity contribution in [3.05, 3.63) is 11.6 Å². The van der Waals surface area contributed by atoms with Crippen LogP contribution in [0.5, 0.6) is 0 Å². The molecule has 122 valence electrons. The van der Waals surface area contributed by atoms with E-state index in [0.717, 1.165) is 0 Å². The Labute approximate surface area is 131 Å². The van der Waals surface area contributed by atoms with Gasteiger partial charge in [0.05, 0.1) is 6.42 Å². The highest BCUT2D eigenvalue weighted by Crippen LogP contribution is 2.21. The molecule has 1 aliphatic carbocycles. The Morgan fingerprint density at radius 2 is 1.33 bits per heavy atom. The van der Waals surface area contributed by atoms with Gasteiger partial charge in [-0.1, -0.05) is 56.6 Å². The quantitative estimate of drug-likeness (QED) is 0.464. The molecule has 0 unspecified atom stereocenters. The lowest BCUT2D eigenvalue weighted by Crippen LogP contribution is -2.23. The van der Waals surface area contributed by atoms with Gasteiger partial charge in [-0.25, -0.2) is 0 Å². The average molecular weight is 294 g/mol. The lowest BCUT2D eigenvalue weighted by atomic mass is 9.97. The third kappa shape index (κ3) is 10.6. The van der Waals surface area contributed by atoms with E-state index in [0.29, 0.717) is 6.42 Å². The van der Waals surface area contributed by atoms with Crippen molar-refractivity contribution in [3.63, 3.8) is 0 Å². The molecule has 1 fully saturated rings. The number of esters is 1. The number of ether oxygens (including phenoxy) is 1. The Morgan fingerprint density at radius 1 is 0.905 bits per heavy atom. The van der Waals surface area contributed by atoms with Gasteiger partial charge in [-0.3, -0.25) is 4.79 Å². The van der Waals surface area contributed by atoms with Gasteiger partial charge in [0.1, 0.15) is 5.60 Å². The van der Waals surface area contributed by atoms with Gasteiger partial charge >= 0.3 is 5.97 Å². The van der Waals surface area contributed by atoms with Crippen molar-refractivity contribution in [2.24, 2.45) is 0 Å². The second kappa shape index (κ2) is 10.0. The maximum absolute atomic E-state index is 11.8. The van der Waals surface area contributed by atoms with E-state index in [1.807, 2.05) is 20.8 Å². The van der Waals surface area contributed by atoms with Crippen molar-refractivity contribution < 1.29 is 9.53 Å². The van der Waals surface area contributed by atoms with E-state index in [1.54, 1.807) is 0 Å². The van der Waals surface area contributed by atoms with Crippen molar-refractivity contribution in [1.82, 2.24) is 0 Å². The Morgan fingerprint density at radius 3 is 1.76 bits per heavy atom. The van der Waals surface area contributed by atoms with Gasteiger partial charge in [0.15, 0.2) is 0 Å². The van der Waals surface area contributed by atoms with E-state index in [-0.39, 0.29) is 11.6 Å². The first-order valence-corrected chi connectivity index (χ1v) is 8.87. The van der Waals surface area contributed by atoms with E-state index >= 15 is 0 Å². The van der Waals surface area contributed by atoms with Gasteiger partial charge < -0.3 is 4.74 Å². The average Bonchev–Trinajstić information content (AvgIpc) is 2.36. The second-order valence-electron chi connectivity index (χ2n) is 7.33. The Kier molecular flexibility index (Phi) is 8.72. The smallest absolute Gasteiger partial charge is 0.310 e. The van der Waals surface area contributed by atoms with Gasteiger partial charge in [-0.05, 0) is 46.5 Å². The van der Waals surface area contributed by atoms with Crippen LogP contribution in [0.4, 0.5) is 0 Å². The predicted molar refractivity (Wildman–Crippen MR) is 89.3 cm³/mol. The van der Waals surface area contributed by atoms with E-state index in [1.165, 1.54) is 76.2 Å². The summed E-state index contributed by atoms with van der Waals surface area (Å²) in [5.41, 5.74) is 1.10. The van der Waals surface area contributed by atoms with Crippen LogP contribution >= 0.6 is 0 Å². The first kappa shape index (κ1) is 18.3. The van der Waals surface area contributed by atoms with Crippen LogP contribution in [0.1, 0.15) is 97.8 Å². The van der Waals surface area contributed by atoms with Crippen LogP contribution in [-0.2, 0) is 9.53 Å². The highest BCUT2D eigenvalue weighted by molar-refractivity contribution is 5.71. The number of rotatable bonds is 2. The molecule has 0 aromatic carbocycles. The summed E-state index contributed by atoms with van der Waals surface area (Å²) >= 11 is 0. The number of allylic oxidation sites excluding steroid dienone is 1. The molecule has 0 aliphatic heterocycles. The van der Waals surface area contributed by atoms with Gasteiger partial charge in [-0.2, -0.15) is 0 Å². The predicted octanol–water partition coefficient (Wildman–Crippen LogP) is 5.95. The maximum Gasteiger partial charge on any atom is 0.310 e. The van der Waals surface area contributed by atoms with Crippen LogP contribution in [0.2, 0.25) is 0 Å². The van der Waals surface area contributed by atoms with Crippen molar-refractivity contribution in [2.45, 2.75) is 103 Å². The van der Waals surface area contributed by atoms with Crippen LogP contribution in [-0.4, -0.2) is 11.6 Å². The molecule has 0 aromatic heterocycles. The molecule has 0 N–H and O–H groups in total. The van der Waals surface area contributed by atoms with Crippen molar-refractivity contribution in [1.29, 1.82) is 0 Å². The molecule has 1 rings (SSSR count). The van der Waals surface area contributed by atoms with Gasteiger partial charge in [0.25, 0.3) is 0 Å². The molecule has 2 nitrogen and oxygen atoms in total. The molecule has 0 aromatic rings. The summed E-state index contributed by atoms with van der Waals surface area (Å²) in [6, 6.07) is 0. The topological polar surface area (TPSA) is 26.3 Å². The van der Waals surface area contributed by atoms with Crippen LogP contribution in [0.15, 0.2) is 11.6 Å². The normalized spacial score (nSPS) is 19.3. The minimum Gasteiger partial charge on any atom is -0.460 e. The van der Waals surface area contributed by atoms with Crippen LogP contribution < -0.4 is 0 Å². The van der Waals surface area contributed by atoms with Crippen LogP contribution in [0.25, 0.3) is 0 Å². The Bertz CT molecular complexity index is 309. The zero-order chi connectivity index (χ0) is 15.6. The molecule has 0 bridgehead atoms. The van der Waals surface area contributed by atoms with Crippen molar-refractivity contribution in [3.8, 4) is 0 Å². The summed E-state index contributed by atoms with van der Waals surface area (Å²) in [6.45, 7) is 5.77. The zero-order valence-electron chi connectivity index (χ0n) is 14.4. The lowest BCUT2D eigenvalue weighted by Gasteiger charge is -2.19. The Balaban J connectivity index is 2.42. The fourth-order valence-electron chi connectivity index (χ4n) is 2.88. The van der Waals surface area contributed by atoms with Gasteiger partial charge in [0.2, 0.25) is 0 Å². The first-order valence-electron chi connectivity index (χ1n) is 8.87.